The third kappa shape index (κ3) is 6.90. The fourth-order valence-corrected chi connectivity index (χ4v) is 4.43. The van der Waals surface area contributed by atoms with Crippen molar-refractivity contribution >= 4 is 28.9 Å². The molecule has 27 heavy (non-hydrogen) atoms. The standard InChI is InChI=1S/C21H32ClN3OS/c22-20-10-5-4-7-18(20)17-25(12-6-11-24-13-15-26-16-14-24)21(27)23-19-8-2-1-3-9-19/h4-5,7,10,19H,1-3,6,8-9,11-17H2,(H,23,27). The van der Waals surface area contributed by atoms with Crippen LogP contribution in [0.2, 0.25) is 5.02 Å². The molecule has 6 heteroatoms. The van der Waals surface area contributed by atoms with E-state index in [-0.39, 0.29) is 0 Å². The Kier molecular flexibility index (Phi) is 8.65. The van der Waals surface area contributed by atoms with Crippen molar-refractivity contribution in [3.63, 3.8) is 0 Å². The van der Waals surface area contributed by atoms with Crippen molar-refractivity contribution in [2.75, 3.05) is 39.4 Å². The molecule has 1 N–H and O–H groups in total. The van der Waals surface area contributed by atoms with Gasteiger partial charge in [-0.1, -0.05) is 49.1 Å². The van der Waals surface area contributed by atoms with Gasteiger partial charge < -0.3 is 15.0 Å². The first kappa shape index (κ1) is 20.8. The first-order valence-corrected chi connectivity index (χ1v) is 11.1. The summed E-state index contributed by atoms with van der Waals surface area (Å²) in [5, 5.41) is 5.32. The van der Waals surface area contributed by atoms with E-state index < -0.39 is 0 Å². The summed E-state index contributed by atoms with van der Waals surface area (Å²) in [5.74, 6) is 0. The first-order valence-electron chi connectivity index (χ1n) is 10.3. The number of benzene rings is 1. The Morgan fingerprint density at radius 1 is 1.19 bits per heavy atom. The lowest BCUT2D eigenvalue weighted by molar-refractivity contribution is 0.0367. The first-order chi connectivity index (χ1) is 13.2. The fourth-order valence-electron chi connectivity index (χ4n) is 3.91. The van der Waals surface area contributed by atoms with Crippen LogP contribution in [0.1, 0.15) is 44.1 Å². The van der Waals surface area contributed by atoms with Crippen molar-refractivity contribution in [1.82, 2.24) is 15.1 Å². The van der Waals surface area contributed by atoms with Crippen LogP contribution in [0.15, 0.2) is 24.3 Å². The van der Waals surface area contributed by atoms with Crippen LogP contribution in [-0.2, 0) is 11.3 Å². The minimum absolute atomic E-state index is 0.527. The molecule has 0 atom stereocenters. The lowest BCUT2D eigenvalue weighted by Crippen LogP contribution is -2.46. The third-order valence-electron chi connectivity index (χ3n) is 5.55. The number of nitrogens with one attached hydrogen (secondary N) is 1. The largest absolute Gasteiger partial charge is 0.379 e. The maximum Gasteiger partial charge on any atom is 0.169 e. The molecule has 0 bridgehead atoms. The normalized spacial score (nSPS) is 19.0. The molecule has 1 aromatic carbocycles. The average Bonchev–Trinajstić information content (AvgIpc) is 2.70. The number of thiocarbonyl (C=S) groups is 1. The monoisotopic (exact) mass is 409 g/mol. The van der Waals surface area contributed by atoms with E-state index in [1.165, 1.54) is 32.1 Å². The van der Waals surface area contributed by atoms with Gasteiger partial charge in [0, 0.05) is 43.8 Å². The quantitative estimate of drug-likeness (QED) is 0.685. The lowest BCUT2D eigenvalue weighted by Gasteiger charge is -2.32. The molecule has 2 fully saturated rings. The van der Waals surface area contributed by atoms with Crippen molar-refractivity contribution in [3.05, 3.63) is 34.9 Å². The Hall–Kier alpha value is -0.880. The van der Waals surface area contributed by atoms with Gasteiger partial charge in [0.15, 0.2) is 5.11 Å². The molecule has 1 aliphatic carbocycles. The van der Waals surface area contributed by atoms with Gasteiger partial charge in [0.05, 0.1) is 13.2 Å². The Balaban J connectivity index is 1.56. The van der Waals surface area contributed by atoms with Gasteiger partial charge in [0.1, 0.15) is 0 Å². The minimum atomic E-state index is 0.527. The van der Waals surface area contributed by atoms with Gasteiger partial charge in [-0.15, -0.1) is 0 Å². The van der Waals surface area contributed by atoms with Crippen LogP contribution < -0.4 is 5.32 Å². The maximum atomic E-state index is 6.41. The zero-order valence-corrected chi connectivity index (χ0v) is 17.7. The molecule has 1 heterocycles. The second-order valence-electron chi connectivity index (χ2n) is 7.60. The molecule has 0 radical (unpaired) electrons. The van der Waals surface area contributed by atoms with E-state index in [0.717, 1.165) is 68.1 Å². The van der Waals surface area contributed by atoms with Crippen LogP contribution in [0, 0.1) is 0 Å². The molecule has 1 saturated heterocycles. The molecule has 0 spiro atoms. The lowest BCUT2D eigenvalue weighted by atomic mass is 9.96. The Bertz CT molecular complexity index is 589. The molecule has 1 aromatic rings. The average molecular weight is 410 g/mol. The smallest absolute Gasteiger partial charge is 0.169 e. The number of nitrogens with zero attached hydrogens (tertiary/aromatic N) is 2. The highest BCUT2D eigenvalue weighted by molar-refractivity contribution is 7.80. The highest BCUT2D eigenvalue weighted by Gasteiger charge is 2.19. The molecule has 3 rings (SSSR count). The topological polar surface area (TPSA) is 27.7 Å². The third-order valence-corrected chi connectivity index (χ3v) is 6.29. The fraction of sp³-hybridized carbons (Fsp3) is 0.667. The minimum Gasteiger partial charge on any atom is -0.379 e. The van der Waals surface area contributed by atoms with Crippen LogP contribution in [0.3, 0.4) is 0 Å². The van der Waals surface area contributed by atoms with Crippen molar-refractivity contribution < 1.29 is 4.74 Å². The molecule has 1 saturated carbocycles. The second-order valence-corrected chi connectivity index (χ2v) is 8.40. The zero-order valence-electron chi connectivity index (χ0n) is 16.2. The van der Waals surface area contributed by atoms with E-state index in [2.05, 4.69) is 21.2 Å². The van der Waals surface area contributed by atoms with Crippen molar-refractivity contribution in [2.24, 2.45) is 0 Å². The number of morpholine rings is 1. The molecular weight excluding hydrogens is 378 g/mol. The predicted octanol–water partition coefficient (Wildman–Crippen LogP) is 4.07. The predicted molar refractivity (Wildman–Crippen MR) is 116 cm³/mol. The summed E-state index contributed by atoms with van der Waals surface area (Å²) in [4.78, 5) is 4.78. The van der Waals surface area contributed by atoms with Gasteiger partial charge in [-0.05, 0) is 43.1 Å². The van der Waals surface area contributed by atoms with E-state index in [4.69, 9.17) is 28.6 Å². The van der Waals surface area contributed by atoms with Gasteiger partial charge in [0.2, 0.25) is 0 Å². The summed E-state index contributed by atoms with van der Waals surface area (Å²) in [5.41, 5.74) is 1.14. The number of halogens is 1. The van der Waals surface area contributed by atoms with Gasteiger partial charge in [-0.3, -0.25) is 4.90 Å². The second kappa shape index (κ2) is 11.2. The van der Waals surface area contributed by atoms with E-state index in [0.29, 0.717) is 6.04 Å². The van der Waals surface area contributed by atoms with E-state index >= 15 is 0 Å². The summed E-state index contributed by atoms with van der Waals surface area (Å²) in [6.45, 7) is 6.58. The van der Waals surface area contributed by atoms with Crippen molar-refractivity contribution in [2.45, 2.75) is 51.1 Å². The van der Waals surface area contributed by atoms with Crippen LogP contribution in [0.4, 0.5) is 0 Å². The van der Waals surface area contributed by atoms with Gasteiger partial charge in [0.25, 0.3) is 0 Å². The Morgan fingerprint density at radius 3 is 2.67 bits per heavy atom. The summed E-state index contributed by atoms with van der Waals surface area (Å²) < 4.78 is 5.44. The number of ether oxygens (including phenoxy) is 1. The van der Waals surface area contributed by atoms with Crippen LogP contribution >= 0.6 is 23.8 Å². The van der Waals surface area contributed by atoms with Gasteiger partial charge >= 0.3 is 0 Å². The van der Waals surface area contributed by atoms with Crippen molar-refractivity contribution in [3.8, 4) is 0 Å². The molecule has 0 aromatic heterocycles. The molecular formula is C21H32ClN3OS. The molecule has 0 unspecified atom stereocenters. The maximum absolute atomic E-state index is 6.41. The van der Waals surface area contributed by atoms with E-state index in [1.54, 1.807) is 0 Å². The zero-order chi connectivity index (χ0) is 18.9. The van der Waals surface area contributed by atoms with E-state index in [1.807, 2.05) is 18.2 Å². The molecule has 150 valence electrons. The summed E-state index contributed by atoms with van der Waals surface area (Å²) in [6.07, 6.45) is 7.52. The van der Waals surface area contributed by atoms with Crippen molar-refractivity contribution in [1.29, 1.82) is 0 Å². The van der Waals surface area contributed by atoms with Crippen LogP contribution in [-0.4, -0.2) is 60.3 Å². The highest BCUT2D eigenvalue weighted by Crippen LogP contribution is 2.20. The summed E-state index contributed by atoms with van der Waals surface area (Å²) in [6, 6.07) is 8.61. The number of hydrogen-bond donors (Lipinski definition) is 1. The van der Waals surface area contributed by atoms with Crippen LogP contribution in [0.25, 0.3) is 0 Å². The molecule has 4 nitrogen and oxygen atoms in total. The summed E-state index contributed by atoms with van der Waals surface area (Å²) >= 11 is 12.2. The van der Waals surface area contributed by atoms with Crippen LogP contribution in [0.5, 0.6) is 0 Å². The summed E-state index contributed by atoms with van der Waals surface area (Å²) in [7, 11) is 0. The van der Waals surface area contributed by atoms with Gasteiger partial charge in [-0.25, -0.2) is 0 Å². The number of hydrogen-bond acceptors (Lipinski definition) is 3. The Morgan fingerprint density at radius 2 is 1.93 bits per heavy atom. The highest BCUT2D eigenvalue weighted by atomic mass is 35.5. The Labute approximate surface area is 174 Å². The van der Waals surface area contributed by atoms with Gasteiger partial charge in [-0.2, -0.15) is 0 Å². The van der Waals surface area contributed by atoms with E-state index in [9.17, 15) is 0 Å². The molecule has 2 aliphatic rings. The molecule has 1 aliphatic heterocycles. The number of rotatable bonds is 7. The molecule has 0 amide bonds. The SMILES string of the molecule is S=C(NC1CCCCC1)N(CCCN1CCOCC1)Cc1ccccc1Cl.